The highest BCUT2D eigenvalue weighted by atomic mass is 35.5. The number of halogens is 1. The van der Waals surface area contributed by atoms with E-state index in [1.165, 1.54) is 23.1 Å². The van der Waals surface area contributed by atoms with Crippen LogP contribution < -0.4 is 11.5 Å². The standard InChI is InChI=1S/C12H11ClN6S2/c1-5(6-2-3-7(13)16-4-6)20-12-17-9(14)8-10(19-12)18-11(15)21-8/h2-5H,1H3,(H4,14,15,17,18,19). The maximum absolute atomic E-state index is 5.93. The summed E-state index contributed by atoms with van der Waals surface area (Å²) in [6.45, 7) is 2.04. The Hall–Kier alpha value is -1.64. The van der Waals surface area contributed by atoms with Crippen molar-refractivity contribution in [1.82, 2.24) is 19.9 Å². The second-order valence-corrected chi connectivity index (χ2v) is 7.00. The summed E-state index contributed by atoms with van der Waals surface area (Å²) in [5, 5.41) is 1.58. The predicted molar refractivity (Wildman–Crippen MR) is 87.6 cm³/mol. The van der Waals surface area contributed by atoms with E-state index >= 15 is 0 Å². The van der Waals surface area contributed by atoms with Gasteiger partial charge in [0.2, 0.25) is 0 Å². The molecule has 9 heteroatoms. The first-order chi connectivity index (χ1) is 10.0. The number of thioether (sulfide) groups is 1. The van der Waals surface area contributed by atoms with Crippen molar-refractivity contribution in [1.29, 1.82) is 0 Å². The zero-order valence-corrected chi connectivity index (χ0v) is 13.3. The Labute approximate surface area is 134 Å². The Morgan fingerprint density at radius 3 is 2.76 bits per heavy atom. The van der Waals surface area contributed by atoms with E-state index in [2.05, 4.69) is 19.9 Å². The first kappa shape index (κ1) is 14.3. The van der Waals surface area contributed by atoms with Gasteiger partial charge in [-0.1, -0.05) is 40.8 Å². The quantitative estimate of drug-likeness (QED) is 0.429. The van der Waals surface area contributed by atoms with Crippen LogP contribution in [0, 0.1) is 0 Å². The summed E-state index contributed by atoms with van der Waals surface area (Å²) < 4.78 is 0.720. The van der Waals surface area contributed by atoms with Crippen LogP contribution in [0.2, 0.25) is 5.15 Å². The smallest absolute Gasteiger partial charge is 0.192 e. The number of hydrogen-bond acceptors (Lipinski definition) is 8. The molecule has 4 N–H and O–H groups in total. The van der Waals surface area contributed by atoms with Gasteiger partial charge in [-0.05, 0) is 18.6 Å². The fourth-order valence-electron chi connectivity index (χ4n) is 1.75. The van der Waals surface area contributed by atoms with E-state index in [-0.39, 0.29) is 5.25 Å². The van der Waals surface area contributed by atoms with Crippen LogP contribution in [0.25, 0.3) is 10.3 Å². The molecule has 0 spiro atoms. The summed E-state index contributed by atoms with van der Waals surface area (Å²) in [6.07, 6.45) is 1.74. The minimum absolute atomic E-state index is 0.114. The molecule has 1 atom stereocenters. The van der Waals surface area contributed by atoms with E-state index in [1.54, 1.807) is 12.3 Å². The van der Waals surface area contributed by atoms with Gasteiger partial charge in [0, 0.05) is 11.4 Å². The minimum Gasteiger partial charge on any atom is -0.382 e. The summed E-state index contributed by atoms with van der Waals surface area (Å²) in [4.78, 5) is 16.9. The maximum atomic E-state index is 5.93. The number of anilines is 2. The topological polar surface area (TPSA) is 104 Å². The highest BCUT2D eigenvalue weighted by molar-refractivity contribution is 7.99. The van der Waals surface area contributed by atoms with Crippen LogP contribution in [0.1, 0.15) is 17.7 Å². The lowest BCUT2D eigenvalue weighted by Crippen LogP contribution is -1.97. The van der Waals surface area contributed by atoms with Gasteiger partial charge in [0.1, 0.15) is 15.7 Å². The molecule has 0 aliphatic rings. The van der Waals surface area contributed by atoms with Crippen LogP contribution in [0.5, 0.6) is 0 Å². The Bertz CT molecular complexity index is 788. The molecule has 0 bridgehead atoms. The molecule has 0 aliphatic carbocycles. The number of fused-ring (bicyclic) bond motifs is 1. The summed E-state index contributed by atoms with van der Waals surface area (Å²) in [6, 6.07) is 3.68. The van der Waals surface area contributed by atoms with Crippen LogP contribution >= 0.6 is 34.7 Å². The van der Waals surface area contributed by atoms with Crippen molar-refractivity contribution in [2.45, 2.75) is 17.3 Å². The lowest BCUT2D eigenvalue weighted by Gasteiger charge is -2.10. The number of hydrogen-bond donors (Lipinski definition) is 2. The second-order valence-electron chi connectivity index (χ2n) is 4.27. The lowest BCUT2D eigenvalue weighted by molar-refractivity contribution is 0.979. The molecule has 108 valence electrons. The molecular formula is C12H11ClN6S2. The highest BCUT2D eigenvalue weighted by Crippen LogP contribution is 2.35. The Balaban J connectivity index is 1.88. The molecule has 3 aromatic rings. The van der Waals surface area contributed by atoms with Gasteiger partial charge in [0.15, 0.2) is 15.9 Å². The largest absolute Gasteiger partial charge is 0.382 e. The third-order valence-corrected chi connectivity index (χ3v) is 4.92. The third kappa shape index (κ3) is 3.02. The summed E-state index contributed by atoms with van der Waals surface area (Å²) in [7, 11) is 0. The number of thiazole rings is 1. The van der Waals surface area contributed by atoms with Gasteiger partial charge in [0.05, 0.1) is 0 Å². The van der Waals surface area contributed by atoms with E-state index in [0.29, 0.717) is 26.9 Å². The number of pyridine rings is 1. The van der Waals surface area contributed by atoms with Gasteiger partial charge in [0.25, 0.3) is 0 Å². The zero-order chi connectivity index (χ0) is 15.0. The van der Waals surface area contributed by atoms with E-state index in [4.69, 9.17) is 23.1 Å². The van der Waals surface area contributed by atoms with Crippen LogP contribution in [-0.2, 0) is 0 Å². The molecule has 3 rings (SSSR count). The summed E-state index contributed by atoms with van der Waals surface area (Å²) in [5.74, 6) is 0.401. The Morgan fingerprint density at radius 1 is 1.24 bits per heavy atom. The third-order valence-electron chi connectivity index (χ3n) is 2.78. The Kier molecular flexibility index (Phi) is 3.83. The molecule has 0 aliphatic heterocycles. The molecule has 21 heavy (non-hydrogen) atoms. The van der Waals surface area contributed by atoms with Gasteiger partial charge < -0.3 is 11.5 Å². The van der Waals surface area contributed by atoms with E-state index < -0.39 is 0 Å². The van der Waals surface area contributed by atoms with Gasteiger partial charge in [-0.15, -0.1) is 0 Å². The Morgan fingerprint density at radius 2 is 2.05 bits per heavy atom. The SMILES string of the molecule is CC(Sc1nc(N)c2sc(N)nc2n1)c1ccc(Cl)nc1. The molecule has 0 saturated carbocycles. The minimum atomic E-state index is 0.114. The van der Waals surface area contributed by atoms with Crippen LogP contribution in [0.3, 0.4) is 0 Å². The fraction of sp³-hybridized carbons (Fsp3) is 0.167. The average Bonchev–Trinajstić information content (AvgIpc) is 2.80. The van der Waals surface area contributed by atoms with E-state index in [9.17, 15) is 0 Å². The van der Waals surface area contributed by atoms with Crippen molar-refractivity contribution in [2.24, 2.45) is 0 Å². The van der Waals surface area contributed by atoms with Crippen molar-refractivity contribution in [3.8, 4) is 0 Å². The lowest BCUT2D eigenvalue weighted by atomic mass is 10.2. The monoisotopic (exact) mass is 338 g/mol. The molecule has 1 unspecified atom stereocenters. The maximum Gasteiger partial charge on any atom is 0.192 e. The first-order valence-corrected chi connectivity index (χ1v) is 8.08. The van der Waals surface area contributed by atoms with Crippen molar-refractivity contribution >= 4 is 56.0 Å². The predicted octanol–water partition coefficient (Wildman–Crippen LogP) is 3.15. The first-order valence-electron chi connectivity index (χ1n) is 6.00. The van der Waals surface area contributed by atoms with E-state index in [1.807, 2.05) is 13.0 Å². The van der Waals surface area contributed by atoms with Crippen LogP contribution in [0.4, 0.5) is 10.9 Å². The van der Waals surface area contributed by atoms with Gasteiger partial charge in [-0.2, -0.15) is 0 Å². The van der Waals surface area contributed by atoms with Gasteiger partial charge >= 0.3 is 0 Å². The molecule has 0 radical (unpaired) electrons. The number of aromatic nitrogens is 4. The molecule has 0 fully saturated rings. The summed E-state index contributed by atoms with van der Waals surface area (Å²) >= 11 is 8.55. The number of nitrogen functional groups attached to an aromatic ring is 2. The normalized spacial score (nSPS) is 12.7. The molecule has 3 aromatic heterocycles. The molecule has 6 nitrogen and oxygen atoms in total. The molecule has 0 aromatic carbocycles. The summed E-state index contributed by atoms with van der Waals surface area (Å²) in [5.41, 5.74) is 13.2. The average molecular weight is 339 g/mol. The fourth-order valence-corrected chi connectivity index (χ4v) is 3.41. The van der Waals surface area contributed by atoms with Crippen molar-refractivity contribution in [3.63, 3.8) is 0 Å². The van der Waals surface area contributed by atoms with Crippen molar-refractivity contribution < 1.29 is 0 Å². The second kappa shape index (κ2) is 5.63. The van der Waals surface area contributed by atoms with Gasteiger partial charge in [-0.3, -0.25) is 0 Å². The molecule has 3 heterocycles. The van der Waals surface area contributed by atoms with E-state index in [0.717, 1.165) is 10.3 Å². The van der Waals surface area contributed by atoms with Crippen LogP contribution in [0.15, 0.2) is 23.5 Å². The molecule has 0 saturated heterocycles. The number of nitrogens with two attached hydrogens (primary N) is 2. The number of rotatable bonds is 3. The van der Waals surface area contributed by atoms with Crippen LogP contribution in [-0.4, -0.2) is 19.9 Å². The highest BCUT2D eigenvalue weighted by Gasteiger charge is 2.14. The van der Waals surface area contributed by atoms with Crippen molar-refractivity contribution in [3.05, 3.63) is 29.0 Å². The molecule has 0 amide bonds. The van der Waals surface area contributed by atoms with Crippen molar-refractivity contribution in [2.75, 3.05) is 11.5 Å². The molecular weight excluding hydrogens is 328 g/mol. The zero-order valence-electron chi connectivity index (χ0n) is 10.9. The van der Waals surface area contributed by atoms with Gasteiger partial charge in [-0.25, -0.2) is 19.9 Å². The number of nitrogens with zero attached hydrogens (tertiary/aromatic N) is 4.